The van der Waals surface area contributed by atoms with Gasteiger partial charge in [-0.15, -0.1) is 0 Å². The summed E-state index contributed by atoms with van der Waals surface area (Å²) < 4.78 is 0. The van der Waals surface area contributed by atoms with Crippen molar-refractivity contribution in [3.63, 3.8) is 0 Å². The molecule has 0 radical (unpaired) electrons. The highest BCUT2D eigenvalue weighted by Crippen LogP contribution is 2.17. The number of carbonyl (C=O) groups excluding carboxylic acids is 1. The van der Waals surface area contributed by atoms with Gasteiger partial charge in [0.25, 0.3) is 5.91 Å². The van der Waals surface area contributed by atoms with Crippen LogP contribution in [0.5, 0.6) is 0 Å². The molecule has 0 unspecified atom stereocenters. The molecule has 0 spiro atoms. The van der Waals surface area contributed by atoms with E-state index in [1.165, 1.54) is 0 Å². The average Bonchev–Trinajstić information content (AvgIpc) is 2.34. The minimum Gasteiger partial charge on any atom is -0.336 e. The van der Waals surface area contributed by atoms with E-state index in [1.807, 2.05) is 30.9 Å². The molecule has 0 saturated carbocycles. The van der Waals surface area contributed by atoms with E-state index < -0.39 is 0 Å². The van der Waals surface area contributed by atoms with Gasteiger partial charge in [-0.2, -0.15) is 0 Å². The molecular formula is C13H21N3O. The van der Waals surface area contributed by atoms with Crippen LogP contribution in [-0.2, 0) is 0 Å². The van der Waals surface area contributed by atoms with Gasteiger partial charge in [0, 0.05) is 12.6 Å². The molecule has 17 heavy (non-hydrogen) atoms. The van der Waals surface area contributed by atoms with E-state index in [1.54, 1.807) is 12.1 Å². The Morgan fingerprint density at radius 1 is 1.41 bits per heavy atom. The zero-order chi connectivity index (χ0) is 12.8. The summed E-state index contributed by atoms with van der Waals surface area (Å²) in [5.74, 6) is 5.44. The number of nitrogens with zero attached hydrogens (tertiary/aromatic N) is 1. The van der Waals surface area contributed by atoms with Crippen LogP contribution in [-0.4, -0.2) is 23.4 Å². The molecule has 0 aliphatic heterocycles. The lowest BCUT2D eigenvalue weighted by molar-refractivity contribution is 0.0707. The highest BCUT2D eigenvalue weighted by atomic mass is 16.2. The number of anilines is 1. The topological polar surface area (TPSA) is 58.4 Å². The normalized spacial score (nSPS) is 10.4. The lowest BCUT2D eigenvalue weighted by atomic mass is 10.1. The van der Waals surface area contributed by atoms with Crippen molar-refractivity contribution in [2.24, 2.45) is 5.84 Å². The van der Waals surface area contributed by atoms with Gasteiger partial charge in [0.2, 0.25) is 0 Å². The summed E-state index contributed by atoms with van der Waals surface area (Å²) in [6.07, 6.45) is 0.947. The first-order valence-electron chi connectivity index (χ1n) is 5.98. The first-order chi connectivity index (χ1) is 8.11. The molecule has 0 heterocycles. The van der Waals surface area contributed by atoms with E-state index in [0.717, 1.165) is 13.0 Å². The Hall–Kier alpha value is -1.55. The predicted molar refractivity (Wildman–Crippen MR) is 70.7 cm³/mol. The van der Waals surface area contributed by atoms with Crippen LogP contribution < -0.4 is 11.3 Å². The number of hydrazine groups is 1. The molecule has 1 aromatic rings. The Bertz CT molecular complexity index is 377. The Balaban J connectivity index is 3.00. The number of carbonyl (C=O) groups is 1. The summed E-state index contributed by atoms with van der Waals surface area (Å²) in [7, 11) is 0. The van der Waals surface area contributed by atoms with Gasteiger partial charge in [-0.1, -0.05) is 19.1 Å². The Morgan fingerprint density at radius 2 is 2.06 bits per heavy atom. The third-order valence-corrected chi connectivity index (χ3v) is 2.66. The van der Waals surface area contributed by atoms with Gasteiger partial charge in [0.1, 0.15) is 0 Å². The monoisotopic (exact) mass is 235 g/mol. The molecule has 0 aromatic heterocycles. The molecule has 0 aliphatic carbocycles. The van der Waals surface area contributed by atoms with E-state index in [9.17, 15) is 4.79 Å². The van der Waals surface area contributed by atoms with Crippen LogP contribution in [0.1, 0.15) is 37.6 Å². The molecule has 1 rings (SSSR count). The molecule has 3 N–H and O–H groups in total. The minimum atomic E-state index is 0.0235. The average molecular weight is 235 g/mol. The first kappa shape index (κ1) is 13.5. The summed E-state index contributed by atoms with van der Waals surface area (Å²) in [5.41, 5.74) is 3.85. The maximum absolute atomic E-state index is 12.4. The second kappa shape index (κ2) is 6.25. The van der Waals surface area contributed by atoms with Gasteiger partial charge in [-0.3, -0.25) is 10.6 Å². The van der Waals surface area contributed by atoms with Crippen LogP contribution in [0, 0.1) is 0 Å². The fourth-order valence-corrected chi connectivity index (χ4v) is 1.79. The maximum atomic E-state index is 12.4. The van der Waals surface area contributed by atoms with Gasteiger partial charge in [0.05, 0.1) is 11.3 Å². The molecule has 0 fully saturated rings. The maximum Gasteiger partial charge on any atom is 0.256 e. The van der Waals surface area contributed by atoms with Crippen LogP contribution in [0.2, 0.25) is 0 Å². The second-order valence-corrected chi connectivity index (χ2v) is 4.28. The van der Waals surface area contributed by atoms with E-state index in [4.69, 9.17) is 5.84 Å². The summed E-state index contributed by atoms with van der Waals surface area (Å²) in [6.45, 7) is 6.86. The van der Waals surface area contributed by atoms with Crippen molar-refractivity contribution < 1.29 is 4.79 Å². The lowest BCUT2D eigenvalue weighted by Crippen LogP contribution is -2.38. The van der Waals surface area contributed by atoms with Crippen molar-refractivity contribution >= 4 is 11.6 Å². The molecule has 94 valence electrons. The molecule has 0 bridgehead atoms. The Kier molecular flexibility index (Phi) is 4.97. The highest BCUT2D eigenvalue weighted by molar-refractivity contribution is 5.99. The third-order valence-electron chi connectivity index (χ3n) is 2.66. The second-order valence-electron chi connectivity index (χ2n) is 4.28. The zero-order valence-corrected chi connectivity index (χ0v) is 10.7. The van der Waals surface area contributed by atoms with Crippen LogP contribution in [0.3, 0.4) is 0 Å². The van der Waals surface area contributed by atoms with Crippen molar-refractivity contribution in [2.75, 3.05) is 12.0 Å². The van der Waals surface area contributed by atoms with Crippen LogP contribution >= 0.6 is 0 Å². The van der Waals surface area contributed by atoms with Crippen LogP contribution in [0.15, 0.2) is 24.3 Å². The zero-order valence-electron chi connectivity index (χ0n) is 10.7. The summed E-state index contributed by atoms with van der Waals surface area (Å²) in [6, 6.07) is 7.48. The fraction of sp³-hybridized carbons (Fsp3) is 0.462. The van der Waals surface area contributed by atoms with Crippen molar-refractivity contribution in [3.8, 4) is 0 Å². The summed E-state index contributed by atoms with van der Waals surface area (Å²) >= 11 is 0. The Labute approximate surface area is 103 Å². The number of rotatable bonds is 5. The SMILES string of the molecule is CCCN(C(=O)c1ccccc1NN)C(C)C. The Morgan fingerprint density at radius 3 is 2.59 bits per heavy atom. The van der Waals surface area contributed by atoms with E-state index >= 15 is 0 Å². The van der Waals surface area contributed by atoms with Gasteiger partial charge in [-0.25, -0.2) is 0 Å². The first-order valence-corrected chi connectivity index (χ1v) is 5.98. The highest BCUT2D eigenvalue weighted by Gasteiger charge is 2.19. The van der Waals surface area contributed by atoms with E-state index in [-0.39, 0.29) is 11.9 Å². The van der Waals surface area contributed by atoms with Crippen molar-refractivity contribution in [2.45, 2.75) is 33.2 Å². The number of nitrogens with one attached hydrogen (secondary N) is 1. The molecule has 1 amide bonds. The molecule has 4 heteroatoms. The molecule has 0 atom stereocenters. The number of para-hydroxylation sites is 1. The van der Waals surface area contributed by atoms with E-state index in [2.05, 4.69) is 12.3 Å². The summed E-state index contributed by atoms with van der Waals surface area (Å²) in [5, 5.41) is 0. The standard InChI is InChI=1S/C13H21N3O/c1-4-9-16(10(2)3)13(17)11-7-5-6-8-12(11)15-14/h5-8,10,15H,4,9,14H2,1-3H3. The number of amides is 1. The molecule has 0 aliphatic rings. The van der Waals surface area contributed by atoms with Gasteiger partial charge < -0.3 is 10.3 Å². The minimum absolute atomic E-state index is 0.0235. The van der Waals surface area contributed by atoms with Crippen LogP contribution in [0.25, 0.3) is 0 Å². The number of benzene rings is 1. The number of hydrogen-bond acceptors (Lipinski definition) is 3. The number of nitrogens with two attached hydrogens (primary N) is 1. The van der Waals surface area contributed by atoms with Crippen LogP contribution in [0.4, 0.5) is 5.69 Å². The van der Waals surface area contributed by atoms with Crippen molar-refractivity contribution in [3.05, 3.63) is 29.8 Å². The van der Waals surface area contributed by atoms with Gasteiger partial charge in [-0.05, 0) is 32.4 Å². The summed E-state index contributed by atoms with van der Waals surface area (Å²) in [4.78, 5) is 14.2. The quantitative estimate of drug-likeness (QED) is 0.608. The lowest BCUT2D eigenvalue weighted by Gasteiger charge is -2.27. The largest absolute Gasteiger partial charge is 0.336 e. The predicted octanol–water partition coefficient (Wildman–Crippen LogP) is 2.23. The molecule has 4 nitrogen and oxygen atoms in total. The number of nitrogen functional groups attached to an aromatic ring is 1. The molecule has 1 aromatic carbocycles. The van der Waals surface area contributed by atoms with Gasteiger partial charge >= 0.3 is 0 Å². The van der Waals surface area contributed by atoms with Crippen molar-refractivity contribution in [1.82, 2.24) is 4.90 Å². The fourth-order valence-electron chi connectivity index (χ4n) is 1.79. The van der Waals surface area contributed by atoms with E-state index in [0.29, 0.717) is 11.3 Å². The van der Waals surface area contributed by atoms with Gasteiger partial charge in [0.15, 0.2) is 0 Å². The third kappa shape index (κ3) is 3.20. The number of hydrogen-bond donors (Lipinski definition) is 2. The smallest absolute Gasteiger partial charge is 0.256 e. The van der Waals surface area contributed by atoms with Crippen molar-refractivity contribution in [1.29, 1.82) is 0 Å². The molecule has 0 saturated heterocycles. The molecular weight excluding hydrogens is 214 g/mol.